The first kappa shape index (κ1) is 14.1. The molecule has 104 valence electrons. The third kappa shape index (κ3) is 2.83. The second-order valence-electron chi connectivity index (χ2n) is 4.40. The van der Waals surface area contributed by atoms with E-state index in [2.05, 4.69) is 0 Å². The highest BCUT2D eigenvalue weighted by atomic mass is 32.1. The molecule has 2 heterocycles. The molecule has 0 saturated heterocycles. The summed E-state index contributed by atoms with van der Waals surface area (Å²) in [5.74, 6) is -0.233. The number of Topliss-reactive ketones (excluding diaryl/α,β-unsaturated/α-hetero) is 1. The van der Waals surface area contributed by atoms with Crippen molar-refractivity contribution in [3.05, 3.63) is 60.2 Å². The quantitative estimate of drug-likeness (QED) is 0.492. The number of hydrogen-bond acceptors (Lipinski definition) is 5. The molecule has 0 aliphatic rings. The molecule has 0 aliphatic carbocycles. The lowest BCUT2D eigenvalue weighted by atomic mass is 10.2. The average molecular weight is 292 g/mol. The molecule has 0 aromatic carbocycles. The largest absolute Gasteiger partial charge is 0.301 e. The Morgan fingerprint density at radius 1 is 1.40 bits per heavy atom. The highest BCUT2D eigenvalue weighted by Crippen LogP contribution is 2.17. The van der Waals surface area contributed by atoms with Gasteiger partial charge in [0.25, 0.3) is 11.2 Å². The number of aromatic nitrogens is 1. The van der Waals surface area contributed by atoms with Crippen molar-refractivity contribution in [3.8, 4) is 0 Å². The predicted molar refractivity (Wildman–Crippen MR) is 75.5 cm³/mol. The van der Waals surface area contributed by atoms with Gasteiger partial charge < -0.3 is 4.57 Å². The van der Waals surface area contributed by atoms with Crippen LogP contribution in [-0.2, 0) is 6.54 Å². The van der Waals surface area contributed by atoms with Gasteiger partial charge in [0.15, 0.2) is 5.78 Å². The molecule has 20 heavy (non-hydrogen) atoms. The normalized spacial score (nSPS) is 10.5. The zero-order valence-corrected chi connectivity index (χ0v) is 11.8. The van der Waals surface area contributed by atoms with Crippen molar-refractivity contribution >= 4 is 22.8 Å². The molecule has 0 aliphatic heterocycles. The second kappa shape index (κ2) is 5.38. The number of nitro groups is 1. The number of carbonyl (C=O) groups excluding carboxylic acids is 1. The first-order valence-corrected chi connectivity index (χ1v) is 6.65. The molecule has 0 N–H and O–H groups in total. The van der Waals surface area contributed by atoms with E-state index in [-0.39, 0.29) is 23.6 Å². The van der Waals surface area contributed by atoms with Crippen LogP contribution in [0.25, 0.3) is 0 Å². The fraction of sp³-hybridized carbons (Fsp3) is 0.231. The fourth-order valence-corrected chi connectivity index (χ4v) is 2.58. The van der Waals surface area contributed by atoms with Gasteiger partial charge >= 0.3 is 0 Å². The van der Waals surface area contributed by atoms with Crippen LogP contribution in [-0.4, -0.2) is 15.3 Å². The van der Waals surface area contributed by atoms with Gasteiger partial charge in [-0.2, -0.15) is 0 Å². The Labute approximate surface area is 118 Å². The van der Waals surface area contributed by atoms with Crippen LogP contribution in [0.1, 0.15) is 20.1 Å². The van der Waals surface area contributed by atoms with Crippen LogP contribution in [0.2, 0.25) is 0 Å². The van der Waals surface area contributed by atoms with Crippen LogP contribution in [0.15, 0.2) is 29.2 Å². The number of ketones is 1. The summed E-state index contributed by atoms with van der Waals surface area (Å²) in [7, 11) is 0. The number of nitrogens with zero attached hydrogens (tertiary/aromatic N) is 2. The second-order valence-corrected chi connectivity index (χ2v) is 5.69. The zero-order chi connectivity index (χ0) is 14.9. The highest BCUT2D eigenvalue weighted by Gasteiger charge is 2.16. The van der Waals surface area contributed by atoms with E-state index in [4.69, 9.17) is 0 Å². The molecular weight excluding hydrogens is 280 g/mol. The molecule has 7 heteroatoms. The Balaban J connectivity index is 2.34. The van der Waals surface area contributed by atoms with Gasteiger partial charge in [-0.3, -0.25) is 19.7 Å². The number of pyridine rings is 1. The molecule has 2 aromatic rings. The smallest absolute Gasteiger partial charge is 0.288 e. The summed E-state index contributed by atoms with van der Waals surface area (Å²) in [6.07, 6.45) is 1.12. The van der Waals surface area contributed by atoms with Crippen molar-refractivity contribution in [3.63, 3.8) is 0 Å². The molecule has 0 fully saturated rings. The Morgan fingerprint density at radius 2 is 2.10 bits per heavy atom. The molecule has 2 rings (SSSR count). The van der Waals surface area contributed by atoms with Crippen LogP contribution < -0.4 is 5.56 Å². The number of rotatable bonds is 4. The third-order valence-corrected chi connectivity index (χ3v) is 3.87. The van der Waals surface area contributed by atoms with E-state index in [1.807, 2.05) is 13.0 Å². The Kier molecular flexibility index (Phi) is 3.80. The highest BCUT2D eigenvalue weighted by molar-refractivity contribution is 7.14. The number of hydrogen-bond donors (Lipinski definition) is 0. The van der Waals surface area contributed by atoms with E-state index in [1.54, 1.807) is 6.07 Å². The average Bonchev–Trinajstić information content (AvgIpc) is 2.79. The first-order valence-electron chi connectivity index (χ1n) is 5.83. The molecule has 0 unspecified atom stereocenters. The minimum atomic E-state index is -0.564. The van der Waals surface area contributed by atoms with Crippen molar-refractivity contribution in [2.24, 2.45) is 0 Å². The standard InChI is InChI=1S/C13H12N2O4S/c1-8-5-13(17)14(6-10(8)15(18)19)7-11(16)12-4-3-9(2)20-12/h3-6H,7H2,1-2H3. The Bertz CT molecular complexity index is 745. The topological polar surface area (TPSA) is 82.2 Å². The maximum absolute atomic E-state index is 12.0. The minimum absolute atomic E-state index is 0.167. The van der Waals surface area contributed by atoms with Gasteiger partial charge in [-0.05, 0) is 26.0 Å². The van der Waals surface area contributed by atoms with Crippen molar-refractivity contribution in [2.45, 2.75) is 20.4 Å². The van der Waals surface area contributed by atoms with E-state index < -0.39 is 10.5 Å². The number of aryl methyl sites for hydroxylation is 2. The molecule has 0 bridgehead atoms. The van der Waals surface area contributed by atoms with Crippen molar-refractivity contribution in [1.82, 2.24) is 4.57 Å². The van der Waals surface area contributed by atoms with Crippen LogP contribution in [0.3, 0.4) is 0 Å². The molecule has 0 radical (unpaired) electrons. The first-order chi connectivity index (χ1) is 9.38. The summed E-state index contributed by atoms with van der Waals surface area (Å²) in [5, 5.41) is 10.9. The van der Waals surface area contributed by atoms with E-state index >= 15 is 0 Å². The van der Waals surface area contributed by atoms with Crippen LogP contribution in [0.4, 0.5) is 5.69 Å². The molecule has 6 nitrogen and oxygen atoms in total. The van der Waals surface area contributed by atoms with Crippen molar-refractivity contribution in [2.75, 3.05) is 0 Å². The lowest BCUT2D eigenvalue weighted by Crippen LogP contribution is -2.23. The summed E-state index contributed by atoms with van der Waals surface area (Å²) >= 11 is 1.34. The minimum Gasteiger partial charge on any atom is -0.301 e. The van der Waals surface area contributed by atoms with Gasteiger partial charge in [0.2, 0.25) is 0 Å². The van der Waals surface area contributed by atoms with E-state index in [0.29, 0.717) is 4.88 Å². The van der Waals surface area contributed by atoms with Crippen LogP contribution in [0.5, 0.6) is 0 Å². The maximum Gasteiger partial charge on any atom is 0.288 e. The van der Waals surface area contributed by atoms with Gasteiger partial charge in [-0.15, -0.1) is 11.3 Å². The maximum atomic E-state index is 12.0. The third-order valence-electron chi connectivity index (χ3n) is 2.83. The fourth-order valence-electron chi connectivity index (χ4n) is 1.79. The van der Waals surface area contributed by atoms with Crippen molar-refractivity contribution < 1.29 is 9.72 Å². The number of thiophene rings is 1. The van der Waals surface area contributed by atoms with E-state index in [0.717, 1.165) is 15.6 Å². The molecule has 0 saturated carbocycles. The Morgan fingerprint density at radius 3 is 2.65 bits per heavy atom. The van der Waals surface area contributed by atoms with Gasteiger partial charge in [0, 0.05) is 16.5 Å². The summed E-state index contributed by atoms with van der Waals surface area (Å²) in [6.45, 7) is 3.18. The van der Waals surface area contributed by atoms with Gasteiger partial charge in [0.05, 0.1) is 22.5 Å². The molecule has 0 amide bonds. The molecule has 0 atom stereocenters. The lowest BCUT2D eigenvalue weighted by Gasteiger charge is -2.05. The molecular formula is C13H12N2O4S. The monoisotopic (exact) mass is 292 g/mol. The van der Waals surface area contributed by atoms with Crippen molar-refractivity contribution in [1.29, 1.82) is 0 Å². The number of carbonyl (C=O) groups is 1. The summed E-state index contributed by atoms with van der Waals surface area (Å²) < 4.78 is 1.07. The molecule has 2 aromatic heterocycles. The lowest BCUT2D eigenvalue weighted by molar-refractivity contribution is -0.385. The predicted octanol–water partition coefficient (Wildman–Crippen LogP) is 2.32. The van der Waals surface area contributed by atoms with Gasteiger partial charge in [-0.25, -0.2) is 0 Å². The molecule has 0 spiro atoms. The van der Waals surface area contributed by atoms with E-state index in [9.17, 15) is 19.7 Å². The SMILES string of the molecule is Cc1ccc(C(=O)Cn2cc([N+](=O)[O-])c(C)cc2=O)s1. The van der Waals surface area contributed by atoms with E-state index in [1.165, 1.54) is 24.3 Å². The Hall–Kier alpha value is -2.28. The van der Waals surface area contributed by atoms with Crippen LogP contribution >= 0.6 is 11.3 Å². The zero-order valence-electron chi connectivity index (χ0n) is 11.0. The van der Waals surface area contributed by atoms with Crippen LogP contribution in [0, 0.1) is 24.0 Å². The van der Waals surface area contributed by atoms with Gasteiger partial charge in [-0.1, -0.05) is 0 Å². The summed E-state index contributed by atoms with van der Waals surface area (Å²) in [4.78, 5) is 35.6. The summed E-state index contributed by atoms with van der Waals surface area (Å²) in [5.41, 5.74) is -0.301. The summed E-state index contributed by atoms with van der Waals surface area (Å²) in [6, 6.07) is 4.68. The van der Waals surface area contributed by atoms with Gasteiger partial charge in [0.1, 0.15) is 0 Å².